The highest BCUT2D eigenvalue weighted by Gasteiger charge is 2.35. The summed E-state index contributed by atoms with van der Waals surface area (Å²) in [7, 11) is 1.75. The summed E-state index contributed by atoms with van der Waals surface area (Å²) in [5.41, 5.74) is -0.0605. The average molecular weight is 294 g/mol. The minimum Gasteiger partial charge on any atom is -0.348 e. The van der Waals surface area contributed by atoms with E-state index in [4.69, 9.17) is 0 Å². The van der Waals surface area contributed by atoms with Gasteiger partial charge in [-0.3, -0.25) is 9.59 Å². The van der Waals surface area contributed by atoms with Gasteiger partial charge in [-0.15, -0.1) is 11.3 Å². The van der Waals surface area contributed by atoms with E-state index in [-0.39, 0.29) is 29.2 Å². The van der Waals surface area contributed by atoms with Gasteiger partial charge in [0.15, 0.2) is 0 Å². The van der Waals surface area contributed by atoms with E-state index in [1.807, 2.05) is 17.5 Å². The Kier molecular flexibility index (Phi) is 4.18. The van der Waals surface area contributed by atoms with E-state index >= 15 is 0 Å². The van der Waals surface area contributed by atoms with Crippen molar-refractivity contribution in [3.63, 3.8) is 0 Å². The van der Waals surface area contributed by atoms with Crippen molar-refractivity contribution in [2.45, 2.75) is 33.2 Å². The van der Waals surface area contributed by atoms with Crippen LogP contribution in [0.5, 0.6) is 0 Å². The van der Waals surface area contributed by atoms with Crippen LogP contribution in [0.1, 0.15) is 38.1 Å². The van der Waals surface area contributed by atoms with Crippen molar-refractivity contribution in [2.75, 3.05) is 13.6 Å². The van der Waals surface area contributed by atoms with E-state index in [1.54, 1.807) is 23.3 Å². The van der Waals surface area contributed by atoms with Crippen LogP contribution in [0.15, 0.2) is 17.5 Å². The SMILES string of the molecule is CN1C[C@@H](C(=O)N[C@@H](c2cccs2)C(C)(C)C)CC1=O. The van der Waals surface area contributed by atoms with Gasteiger partial charge in [0.25, 0.3) is 0 Å². The van der Waals surface area contributed by atoms with Crippen molar-refractivity contribution in [1.82, 2.24) is 10.2 Å². The molecule has 0 bridgehead atoms. The number of nitrogens with one attached hydrogen (secondary N) is 1. The van der Waals surface area contributed by atoms with E-state index in [2.05, 4.69) is 26.1 Å². The van der Waals surface area contributed by atoms with Gasteiger partial charge in [-0.05, 0) is 16.9 Å². The Hall–Kier alpha value is -1.36. The Labute approximate surface area is 124 Å². The minimum absolute atomic E-state index is 0.0176. The van der Waals surface area contributed by atoms with E-state index in [9.17, 15) is 9.59 Å². The molecule has 0 saturated carbocycles. The second-order valence-electron chi connectivity index (χ2n) is 6.50. The number of carbonyl (C=O) groups excluding carboxylic acids is 2. The minimum atomic E-state index is -0.225. The number of carbonyl (C=O) groups is 2. The molecule has 2 amide bonds. The molecule has 1 aromatic heterocycles. The topological polar surface area (TPSA) is 49.4 Å². The number of likely N-dealkylation sites (tertiary alicyclic amines) is 1. The maximum Gasteiger partial charge on any atom is 0.225 e. The zero-order chi connectivity index (χ0) is 14.9. The third-order valence-electron chi connectivity index (χ3n) is 3.69. The van der Waals surface area contributed by atoms with Gasteiger partial charge in [-0.2, -0.15) is 0 Å². The number of thiophene rings is 1. The molecular weight excluding hydrogens is 272 g/mol. The van der Waals surface area contributed by atoms with Crippen LogP contribution in [-0.2, 0) is 9.59 Å². The lowest BCUT2D eigenvalue weighted by molar-refractivity contribution is -0.129. The summed E-state index contributed by atoms with van der Waals surface area (Å²) in [4.78, 5) is 26.7. The molecule has 0 spiro atoms. The largest absolute Gasteiger partial charge is 0.348 e. The molecule has 4 nitrogen and oxygen atoms in total. The van der Waals surface area contributed by atoms with Gasteiger partial charge in [0.05, 0.1) is 12.0 Å². The molecule has 5 heteroatoms. The van der Waals surface area contributed by atoms with Crippen molar-refractivity contribution in [3.05, 3.63) is 22.4 Å². The van der Waals surface area contributed by atoms with Crippen LogP contribution in [0, 0.1) is 11.3 Å². The lowest BCUT2D eigenvalue weighted by Crippen LogP contribution is -2.40. The first kappa shape index (κ1) is 15.0. The summed E-state index contributed by atoms with van der Waals surface area (Å²) in [6.45, 7) is 6.86. The number of rotatable bonds is 3. The molecule has 0 aromatic carbocycles. The second kappa shape index (κ2) is 5.56. The van der Waals surface area contributed by atoms with E-state index < -0.39 is 0 Å². The number of amides is 2. The summed E-state index contributed by atoms with van der Waals surface area (Å²) in [6.07, 6.45) is 0.323. The second-order valence-corrected chi connectivity index (χ2v) is 7.48. The predicted octanol–water partition coefficient (Wildman–Crippen LogP) is 2.43. The van der Waals surface area contributed by atoms with Crippen LogP contribution in [0.3, 0.4) is 0 Å². The van der Waals surface area contributed by atoms with Gasteiger partial charge < -0.3 is 10.2 Å². The molecule has 1 aromatic rings. The van der Waals surface area contributed by atoms with Gasteiger partial charge in [-0.25, -0.2) is 0 Å². The molecule has 0 aliphatic carbocycles. The van der Waals surface area contributed by atoms with Gasteiger partial charge in [0, 0.05) is 24.9 Å². The zero-order valence-corrected chi connectivity index (χ0v) is 13.3. The van der Waals surface area contributed by atoms with Crippen LogP contribution in [0.4, 0.5) is 0 Å². The van der Waals surface area contributed by atoms with Crippen LogP contribution < -0.4 is 5.32 Å². The van der Waals surface area contributed by atoms with Crippen LogP contribution in [0.25, 0.3) is 0 Å². The monoisotopic (exact) mass is 294 g/mol. The highest BCUT2D eigenvalue weighted by atomic mass is 32.1. The third-order valence-corrected chi connectivity index (χ3v) is 4.63. The summed E-state index contributed by atoms with van der Waals surface area (Å²) < 4.78 is 0. The Morgan fingerprint density at radius 1 is 1.50 bits per heavy atom. The Morgan fingerprint density at radius 2 is 2.20 bits per heavy atom. The van der Waals surface area contributed by atoms with Gasteiger partial charge >= 0.3 is 0 Å². The first-order chi connectivity index (χ1) is 9.29. The molecule has 2 rings (SSSR count). The average Bonchev–Trinajstić information content (AvgIpc) is 2.95. The highest BCUT2D eigenvalue weighted by molar-refractivity contribution is 7.10. The van der Waals surface area contributed by atoms with Gasteiger partial charge in [0.2, 0.25) is 11.8 Å². The van der Waals surface area contributed by atoms with Crippen molar-refractivity contribution in [3.8, 4) is 0 Å². The fraction of sp³-hybridized carbons (Fsp3) is 0.600. The van der Waals surface area contributed by atoms with E-state index in [0.29, 0.717) is 13.0 Å². The quantitative estimate of drug-likeness (QED) is 0.931. The maximum atomic E-state index is 12.4. The maximum absolute atomic E-state index is 12.4. The summed E-state index contributed by atoms with van der Waals surface area (Å²) in [5.74, 6) is -0.193. The molecule has 20 heavy (non-hydrogen) atoms. The molecule has 1 fully saturated rings. The van der Waals surface area contributed by atoms with Crippen LogP contribution >= 0.6 is 11.3 Å². The van der Waals surface area contributed by atoms with Gasteiger partial charge in [0.1, 0.15) is 0 Å². The summed E-state index contributed by atoms with van der Waals surface area (Å²) >= 11 is 1.65. The molecule has 0 radical (unpaired) electrons. The molecule has 1 aliphatic heterocycles. The van der Waals surface area contributed by atoms with Crippen LogP contribution in [0.2, 0.25) is 0 Å². The molecule has 0 unspecified atom stereocenters. The fourth-order valence-corrected chi connectivity index (χ4v) is 3.49. The predicted molar refractivity (Wildman–Crippen MR) is 80.4 cm³/mol. The van der Waals surface area contributed by atoms with E-state index in [0.717, 1.165) is 4.88 Å². The number of hydrogen-bond acceptors (Lipinski definition) is 3. The van der Waals surface area contributed by atoms with Crippen molar-refractivity contribution < 1.29 is 9.59 Å². The lowest BCUT2D eigenvalue weighted by Gasteiger charge is -2.31. The van der Waals surface area contributed by atoms with Crippen molar-refractivity contribution in [2.24, 2.45) is 11.3 Å². The number of hydrogen-bond donors (Lipinski definition) is 1. The Balaban J connectivity index is 2.09. The number of nitrogens with zero attached hydrogens (tertiary/aromatic N) is 1. The third kappa shape index (κ3) is 3.20. The molecular formula is C15H22N2O2S. The van der Waals surface area contributed by atoms with Gasteiger partial charge in [-0.1, -0.05) is 26.8 Å². The van der Waals surface area contributed by atoms with Crippen molar-refractivity contribution >= 4 is 23.2 Å². The highest BCUT2D eigenvalue weighted by Crippen LogP contribution is 2.35. The lowest BCUT2D eigenvalue weighted by atomic mass is 9.85. The Bertz CT molecular complexity index is 490. The fourth-order valence-electron chi connectivity index (χ4n) is 2.47. The smallest absolute Gasteiger partial charge is 0.225 e. The summed E-state index contributed by atoms with van der Waals surface area (Å²) in [6, 6.07) is 4.03. The summed E-state index contributed by atoms with van der Waals surface area (Å²) in [5, 5.41) is 5.16. The first-order valence-electron chi connectivity index (χ1n) is 6.87. The van der Waals surface area contributed by atoms with E-state index in [1.165, 1.54) is 0 Å². The molecule has 2 heterocycles. The normalized spacial score (nSPS) is 21.1. The zero-order valence-electron chi connectivity index (χ0n) is 12.5. The van der Waals surface area contributed by atoms with Crippen LogP contribution in [-0.4, -0.2) is 30.3 Å². The molecule has 1 aliphatic rings. The standard InChI is InChI=1S/C15H22N2O2S/c1-15(2,3)13(11-6-5-7-20-11)16-14(19)10-8-12(18)17(4)9-10/h5-7,10,13H,8-9H2,1-4H3,(H,16,19)/t10-,13-/m0/s1. The molecule has 110 valence electrons. The molecule has 1 N–H and O–H groups in total. The Morgan fingerprint density at radius 3 is 2.65 bits per heavy atom. The molecule has 2 atom stereocenters. The first-order valence-corrected chi connectivity index (χ1v) is 7.74. The molecule has 1 saturated heterocycles. The van der Waals surface area contributed by atoms with Crippen molar-refractivity contribution in [1.29, 1.82) is 0 Å².